The molecule has 1 rings (SSSR count). The van der Waals surface area contributed by atoms with Crippen LogP contribution >= 0.6 is 0 Å². The first-order valence-electron chi connectivity index (χ1n) is 5.12. The zero-order valence-corrected chi connectivity index (χ0v) is 9.19. The third kappa shape index (κ3) is 1.71. The Morgan fingerprint density at radius 2 is 1.85 bits per heavy atom. The summed E-state index contributed by atoms with van der Waals surface area (Å²) in [5.41, 5.74) is 2.80. The van der Waals surface area contributed by atoms with Crippen molar-refractivity contribution in [3.63, 3.8) is 0 Å². The molecule has 0 atom stereocenters. The number of likely N-dealkylation sites (N-methyl/N-ethyl adjacent to an activating group) is 1. The van der Waals surface area contributed by atoms with Crippen LogP contribution in [0, 0.1) is 5.41 Å². The van der Waals surface area contributed by atoms with Gasteiger partial charge >= 0.3 is 0 Å². The molecule has 1 aliphatic heterocycles. The second-order valence-electron chi connectivity index (χ2n) is 4.24. The fraction of sp³-hybridized carbons (Fsp3) is 0.667. The third-order valence-corrected chi connectivity index (χ3v) is 3.45. The highest BCUT2D eigenvalue weighted by atomic mass is 15.1. The first-order chi connectivity index (χ1) is 6.05. The van der Waals surface area contributed by atoms with E-state index in [0.29, 0.717) is 5.41 Å². The highest BCUT2D eigenvalue weighted by molar-refractivity contribution is 5.36. The average Bonchev–Trinajstić information content (AvgIpc) is 2.11. The molecule has 1 nitrogen and oxygen atoms in total. The van der Waals surface area contributed by atoms with Crippen molar-refractivity contribution in [1.82, 2.24) is 4.90 Å². The van der Waals surface area contributed by atoms with E-state index in [4.69, 9.17) is 0 Å². The van der Waals surface area contributed by atoms with E-state index in [1.54, 1.807) is 0 Å². The van der Waals surface area contributed by atoms with Gasteiger partial charge in [0.05, 0.1) is 0 Å². The van der Waals surface area contributed by atoms with Crippen LogP contribution in [0.4, 0.5) is 0 Å². The Morgan fingerprint density at radius 3 is 2.31 bits per heavy atom. The lowest BCUT2D eigenvalue weighted by atomic mass is 9.71. The van der Waals surface area contributed by atoms with E-state index in [-0.39, 0.29) is 0 Å². The zero-order chi connectivity index (χ0) is 10.1. The van der Waals surface area contributed by atoms with Crippen molar-refractivity contribution in [3.8, 4) is 0 Å². The van der Waals surface area contributed by atoms with Gasteiger partial charge in [-0.2, -0.15) is 0 Å². The molecule has 0 bridgehead atoms. The summed E-state index contributed by atoms with van der Waals surface area (Å²) < 4.78 is 0. The van der Waals surface area contributed by atoms with Crippen molar-refractivity contribution in [2.24, 2.45) is 5.41 Å². The molecular formula is C12H21N. The van der Waals surface area contributed by atoms with Gasteiger partial charge in [0.25, 0.3) is 0 Å². The summed E-state index contributed by atoms with van der Waals surface area (Å²) in [6, 6.07) is 0. The molecule has 1 heterocycles. The van der Waals surface area contributed by atoms with E-state index < -0.39 is 0 Å². The van der Waals surface area contributed by atoms with Crippen LogP contribution in [0.1, 0.15) is 26.7 Å². The molecule has 0 amide bonds. The van der Waals surface area contributed by atoms with Crippen molar-refractivity contribution in [3.05, 3.63) is 24.3 Å². The lowest BCUT2D eigenvalue weighted by Crippen LogP contribution is -2.43. The fourth-order valence-corrected chi connectivity index (χ4v) is 2.36. The Morgan fingerprint density at radius 1 is 1.31 bits per heavy atom. The smallest absolute Gasteiger partial charge is 0.0227 e. The summed E-state index contributed by atoms with van der Waals surface area (Å²) in [7, 11) is 2.16. The Bertz CT molecular complexity index is 223. The van der Waals surface area contributed by atoms with Crippen LogP contribution in [-0.4, -0.2) is 25.0 Å². The molecule has 0 unspecified atom stereocenters. The molecule has 0 aliphatic carbocycles. The molecule has 0 radical (unpaired) electrons. The minimum Gasteiger partial charge on any atom is -0.301 e. The number of piperidine rings is 1. The summed E-state index contributed by atoms with van der Waals surface area (Å²) in [4.78, 5) is 2.35. The maximum atomic E-state index is 4.20. The number of nitrogens with zero attached hydrogens (tertiary/aromatic N) is 1. The highest BCUT2D eigenvalue weighted by Crippen LogP contribution is 2.41. The van der Waals surface area contributed by atoms with Gasteiger partial charge in [-0.15, -0.1) is 0 Å². The summed E-state index contributed by atoms with van der Waals surface area (Å²) in [5.74, 6) is 0. The molecule has 1 heteroatoms. The van der Waals surface area contributed by atoms with E-state index in [2.05, 4.69) is 39.0 Å². The van der Waals surface area contributed by atoms with Gasteiger partial charge in [-0.25, -0.2) is 0 Å². The molecule has 0 aromatic heterocycles. The molecule has 1 aliphatic rings. The Hall–Kier alpha value is -0.560. The average molecular weight is 179 g/mol. The van der Waals surface area contributed by atoms with E-state index in [0.717, 1.165) is 13.1 Å². The Kier molecular flexibility index (Phi) is 2.97. The zero-order valence-electron chi connectivity index (χ0n) is 9.19. The lowest BCUT2D eigenvalue weighted by Gasteiger charge is -2.43. The van der Waals surface area contributed by atoms with E-state index >= 15 is 0 Å². The minimum atomic E-state index is 0.296. The lowest BCUT2D eigenvalue weighted by molar-refractivity contribution is 0.184. The summed E-state index contributed by atoms with van der Waals surface area (Å²) in [6.07, 6.45) is 2.34. The predicted octanol–water partition coefficient (Wildman–Crippen LogP) is 2.85. The van der Waals surface area contributed by atoms with Crippen LogP contribution in [0.15, 0.2) is 24.3 Å². The van der Waals surface area contributed by atoms with Crippen LogP contribution in [0.25, 0.3) is 0 Å². The maximum absolute atomic E-state index is 4.20. The van der Waals surface area contributed by atoms with Gasteiger partial charge in [0.15, 0.2) is 0 Å². The molecule has 1 saturated heterocycles. The quantitative estimate of drug-likeness (QED) is 0.630. The van der Waals surface area contributed by atoms with Crippen molar-refractivity contribution >= 4 is 0 Å². The van der Waals surface area contributed by atoms with Gasteiger partial charge < -0.3 is 4.90 Å². The molecule has 0 spiro atoms. The standard InChI is InChI=1S/C12H21N/c1-6-12(7-2)9-13(5)8-10(3)11(12)4/h3-4,6-9H2,1-2,5H3. The normalized spacial score (nSPS) is 23.6. The van der Waals surface area contributed by atoms with Crippen molar-refractivity contribution in [2.75, 3.05) is 20.1 Å². The van der Waals surface area contributed by atoms with Crippen molar-refractivity contribution < 1.29 is 0 Å². The first-order valence-corrected chi connectivity index (χ1v) is 5.12. The summed E-state index contributed by atoms with van der Waals surface area (Å²) in [5, 5.41) is 0. The second kappa shape index (κ2) is 3.67. The van der Waals surface area contributed by atoms with Crippen LogP contribution < -0.4 is 0 Å². The van der Waals surface area contributed by atoms with Gasteiger partial charge in [-0.1, -0.05) is 27.0 Å². The molecule has 0 aromatic rings. The number of likely N-dealkylation sites (tertiary alicyclic amines) is 1. The first kappa shape index (κ1) is 10.5. The number of hydrogen-bond donors (Lipinski definition) is 0. The second-order valence-corrected chi connectivity index (χ2v) is 4.24. The fourth-order valence-electron chi connectivity index (χ4n) is 2.36. The van der Waals surface area contributed by atoms with E-state index in [1.165, 1.54) is 24.0 Å². The minimum absolute atomic E-state index is 0.296. The molecule has 0 saturated carbocycles. The van der Waals surface area contributed by atoms with Crippen molar-refractivity contribution in [2.45, 2.75) is 26.7 Å². The highest BCUT2D eigenvalue weighted by Gasteiger charge is 2.35. The predicted molar refractivity (Wildman–Crippen MR) is 58.8 cm³/mol. The molecule has 74 valence electrons. The molecule has 0 aromatic carbocycles. The van der Waals surface area contributed by atoms with Gasteiger partial charge in [0, 0.05) is 18.5 Å². The maximum Gasteiger partial charge on any atom is 0.0227 e. The number of rotatable bonds is 2. The van der Waals surface area contributed by atoms with Gasteiger partial charge in [0.2, 0.25) is 0 Å². The van der Waals surface area contributed by atoms with Gasteiger partial charge in [-0.05, 0) is 31.0 Å². The van der Waals surface area contributed by atoms with Crippen molar-refractivity contribution in [1.29, 1.82) is 0 Å². The summed E-state index contributed by atoms with van der Waals surface area (Å²) in [6.45, 7) is 14.9. The van der Waals surface area contributed by atoms with Gasteiger partial charge in [-0.3, -0.25) is 0 Å². The third-order valence-electron chi connectivity index (χ3n) is 3.45. The van der Waals surface area contributed by atoms with Crippen LogP contribution in [0.5, 0.6) is 0 Å². The molecule has 1 fully saturated rings. The Labute approximate surface area is 82.1 Å². The van der Waals surface area contributed by atoms with E-state index in [1.807, 2.05) is 0 Å². The van der Waals surface area contributed by atoms with Crippen LogP contribution in [-0.2, 0) is 0 Å². The largest absolute Gasteiger partial charge is 0.301 e. The Balaban J connectivity index is 2.93. The van der Waals surface area contributed by atoms with E-state index in [9.17, 15) is 0 Å². The topological polar surface area (TPSA) is 3.24 Å². The molecular weight excluding hydrogens is 158 g/mol. The monoisotopic (exact) mass is 179 g/mol. The summed E-state index contributed by atoms with van der Waals surface area (Å²) >= 11 is 0. The molecule has 13 heavy (non-hydrogen) atoms. The molecule has 0 N–H and O–H groups in total. The van der Waals surface area contributed by atoms with Crippen LogP contribution in [0.3, 0.4) is 0 Å². The SMILES string of the molecule is C=C1CN(C)CC(CC)(CC)C1=C. The van der Waals surface area contributed by atoms with Gasteiger partial charge in [0.1, 0.15) is 0 Å². The van der Waals surface area contributed by atoms with Crippen LogP contribution in [0.2, 0.25) is 0 Å². The number of hydrogen-bond acceptors (Lipinski definition) is 1.